The summed E-state index contributed by atoms with van der Waals surface area (Å²) in [5, 5.41) is 0. The topological polar surface area (TPSA) is 117 Å². The van der Waals surface area contributed by atoms with E-state index in [1.165, 1.54) is 6.33 Å². The van der Waals surface area contributed by atoms with Gasteiger partial charge in [-0.2, -0.15) is 4.98 Å². The molecule has 0 saturated heterocycles. The number of anilines is 1. The van der Waals surface area contributed by atoms with Crippen molar-refractivity contribution < 1.29 is 14.2 Å². The summed E-state index contributed by atoms with van der Waals surface area (Å²) in [6, 6.07) is 19.9. The van der Waals surface area contributed by atoms with E-state index in [2.05, 4.69) is 15.0 Å². The lowest BCUT2D eigenvalue weighted by molar-refractivity contribution is -0.0866. The van der Waals surface area contributed by atoms with Crippen LogP contribution in [0.3, 0.4) is 0 Å². The predicted molar refractivity (Wildman–Crippen MR) is 120 cm³/mol. The molecule has 0 aliphatic rings. The van der Waals surface area contributed by atoms with Crippen LogP contribution in [0.1, 0.15) is 11.1 Å². The van der Waals surface area contributed by atoms with E-state index < -0.39 is 0 Å². The molecule has 0 fully saturated rings. The highest BCUT2D eigenvalue weighted by Gasteiger charge is 2.14. The second-order valence-corrected chi connectivity index (χ2v) is 7.26. The van der Waals surface area contributed by atoms with Crippen molar-refractivity contribution in [2.45, 2.75) is 26.0 Å². The van der Waals surface area contributed by atoms with Crippen LogP contribution < -0.4 is 11.3 Å². The monoisotopic (exact) mass is 435 g/mol. The molecule has 3 N–H and O–H groups in total. The van der Waals surface area contributed by atoms with Crippen molar-refractivity contribution in [2.75, 3.05) is 18.9 Å². The van der Waals surface area contributed by atoms with Crippen molar-refractivity contribution in [3.63, 3.8) is 0 Å². The molecule has 4 aromatic rings. The van der Waals surface area contributed by atoms with Gasteiger partial charge in [0.15, 0.2) is 11.2 Å². The van der Waals surface area contributed by atoms with Crippen LogP contribution in [-0.2, 0) is 34.2 Å². The third-order valence-electron chi connectivity index (χ3n) is 4.77. The summed E-state index contributed by atoms with van der Waals surface area (Å²) < 4.78 is 19.4. The van der Waals surface area contributed by atoms with Crippen molar-refractivity contribution in [3.8, 4) is 0 Å². The van der Waals surface area contributed by atoms with Gasteiger partial charge in [-0.1, -0.05) is 60.7 Å². The third kappa shape index (κ3) is 5.79. The first-order valence-electron chi connectivity index (χ1n) is 10.2. The average molecular weight is 435 g/mol. The molecule has 0 saturated carbocycles. The Morgan fingerprint density at radius 1 is 0.938 bits per heavy atom. The molecule has 2 heterocycles. The highest BCUT2D eigenvalue weighted by Crippen LogP contribution is 2.10. The average Bonchev–Trinajstić information content (AvgIpc) is 3.21. The number of nitrogens with two attached hydrogens (primary N) is 1. The van der Waals surface area contributed by atoms with Gasteiger partial charge in [-0.15, -0.1) is 0 Å². The van der Waals surface area contributed by atoms with Gasteiger partial charge in [-0.05, 0) is 11.1 Å². The number of aromatic nitrogens is 4. The Kier molecular flexibility index (Phi) is 7.23. The third-order valence-corrected chi connectivity index (χ3v) is 4.77. The van der Waals surface area contributed by atoms with Gasteiger partial charge in [0.25, 0.3) is 5.56 Å². The SMILES string of the molecule is Nc1nc2c(ncn2COC(COCc2ccccc2)COCc2ccccc2)c(=O)[nH]1. The Hall–Kier alpha value is -3.53. The van der Waals surface area contributed by atoms with E-state index in [1.54, 1.807) is 4.57 Å². The van der Waals surface area contributed by atoms with Gasteiger partial charge in [0.2, 0.25) is 5.95 Å². The number of fused-ring (bicyclic) bond motifs is 1. The number of nitrogens with one attached hydrogen (secondary N) is 1. The van der Waals surface area contributed by atoms with Crippen LogP contribution in [0.4, 0.5) is 5.95 Å². The maximum absolute atomic E-state index is 12.0. The first kappa shape index (κ1) is 21.7. The Balaban J connectivity index is 1.37. The molecule has 0 unspecified atom stereocenters. The minimum atomic E-state index is -0.389. The fraction of sp³-hybridized carbons (Fsp3) is 0.261. The normalized spacial score (nSPS) is 11.4. The van der Waals surface area contributed by atoms with Crippen LogP contribution >= 0.6 is 0 Å². The number of aromatic amines is 1. The lowest BCUT2D eigenvalue weighted by atomic mass is 10.2. The summed E-state index contributed by atoms with van der Waals surface area (Å²) in [4.78, 5) is 22.7. The molecule has 0 aliphatic heterocycles. The summed E-state index contributed by atoms with van der Waals surface area (Å²) in [5.41, 5.74) is 8.00. The van der Waals surface area contributed by atoms with Crippen molar-refractivity contribution in [1.29, 1.82) is 0 Å². The number of benzene rings is 2. The molecule has 9 heteroatoms. The van der Waals surface area contributed by atoms with Gasteiger partial charge >= 0.3 is 0 Å². The summed E-state index contributed by atoms with van der Waals surface area (Å²) in [6.07, 6.45) is 1.17. The predicted octanol–water partition coefficient (Wildman–Crippen LogP) is 2.48. The second kappa shape index (κ2) is 10.7. The van der Waals surface area contributed by atoms with Crippen molar-refractivity contribution in [3.05, 3.63) is 88.5 Å². The van der Waals surface area contributed by atoms with Gasteiger partial charge in [0.1, 0.15) is 12.8 Å². The van der Waals surface area contributed by atoms with Crippen molar-refractivity contribution >= 4 is 17.1 Å². The van der Waals surface area contributed by atoms with E-state index in [4.69, 9.17) is 19.9 Å². The highest BCUT2D eigenvalue weighted by molar-refractivity contribution is 5.70. The molecule has 0 aliphatic carbocycles. The van der Waals surface area contributed by atoms with Gasteiger partial charge in [-0.3, -0.25) is 14.3 Å². The zero-order valence-electron chi connectivity index (χ0n) is 17.5. The molecule has 32 heavy (non-hydrogen) atoms. The van der Waals surface area contributed by atoms with Crippen molar-refractivity contribution in [2.24, 2.45) is 0 Å². The lowest BCUT2D eigenvalue weighted by Crippen LogP contribution is -2.27. The lowest BCUT2D eigenvalue weighted by Gasteiger charge is -2.19. The Labute approximate surface area is 184 Å². The number of ether oxygens (including phenoxy) is 3. The fourth-order valence-corrected chi connectivity index (χ4v) is 3.16. The van der Waals surface area contributed by atoms with Gasteiger partial charge in [0, 0.05) is 0 Å². The summed E-state index contributed by atoms with van der Waals surface area (Å²) in [6.45, 7) is 1.75. The largest absolute Gasteiger partial charge is 0.374 e. The Morgan fingerprint density at radius 3 is 2.12 bits per heavy atom. The second-order valence-electron chi connectivity index (χ2n) is 7.26. The van der Waals surface area contributed by atoms with Gasteiger partial charge < -0.3 is 19.9 Å². The molecule has 2 aromatic carbocycles. The molecular formula is C23H25N5O4. The number of nitrogens with zero attached hydrogens (tertiary/aromatic N) is 3. The Bertz CT molecular complexity index is 1130. The molecule has 166 valence electrons. The van der Waals surface area contributed by atoms with Crippen LogP contribution in [0.2, 0.25) is 0 Å². The molecule has 4 rings (SSSR count). The van der Waals surface area contributed by atoms with Crippen LogP contribution in [0.15, 0.2) is 71.8 Å². The summed E-state index contributed by atoms with van der Waals surface area (Å²) in [5.74, 6) is 0.0261. The number of hydrogen-bond donors (Lipinski definition) is 2. The minimum absolute atomic E-state index is 0.0261. The van der Waals surface area contributed by atoms with Crippen LogP contribution in [0, 0.1) is 0 Å². The molecular weight excluding hydrogens is 410 g/mol. The van der Waals surface area contributed by atoms with Crippen LogP contribution in [0.25, 0.3) is 11.2 Å². The van der Waals surface area contributed by atoms with Crippen LogP contribution in [0.5, 0.6) is 0 Å². The number of H-pyrrole nitrogens is 1. The molecule has 9 nitrogen and oxygen atoms in total. The fourth-order valence-electron chi connectivity index (χ4n) is 3.16. The standard InChI is InChI=1S/C23H25N5O4/c24-23-26-21-20(22(29)27-23)25-15-28(21)16-32-19(13-30-11-17-7-3-1-4-8-17)14-31-12-18-9-5-2-6-10-18/h1-10,15,19H,11-14,16H2,(H3,24,26,27,29). The van der Waals surface area contributed by atoms with E-state index in [-0.39, 0.29) is 29.9 Å². The van der Waals surface area contributed by atoms with E-state index in [0.29, 0.717) is 32.1 Å². The number of imidazole rings is 1. The van der Waals surface area contributed by atoms with E-state index >= 15 is 0 Å². The molecule has 0 spiro atoms. The maximum atomic E-state index is 12.0. The smallest absolute Gasteiger partial charge is 0.280 e. The molecule has 0 bridgehead atoms. The van der Waals surface area contributed by atoms with Gasteiger partial charge in [0.05, 0.1) is 32.8 Å². The molecule has 0 atom stereocenters. The highest BCUT2D eigenvalue weighted by atomic mass is 16.6. The van der Waals surface area contributed by atoms with E-state index in [1.807, 2.05) is 60.7 Å². The summed E-state index contributed by atoms with van der Waals surface area (Å²) in [7, 11) is 0. The minimum Gasteiger partial charge on any atom is -0.374 e. The zero-order valence-corrected chi connectivity index (χ0v) is 17.5. The zero-order chi connectivity index (χ0) is 22.2. The Morgan fingerprint density at radius 2 is 1.53 bits per heavy atom. The number of nitrogen functional groups attached to an aromatic ring is 1. The molecule has 2 aromatic heterocycles. The maximum Gasteiger partial charge on any atom is 0.280 e. The number of hydrogen-bond acceptors (Lipinski definition) is 7. The van der Waals surface area contributed by atoms with Gasteiger partial charge in [-0.25, -0.2) is 4.98 Å². The quantitative estimate of drug-likeness (QED) is 0.372. The number of rotatable bonds is 11. The molecule has 0 amide bonds. The first-order chi connectivity index (χ1) is 15.7. The van der Waals surface area contributed by atoms with Crippen LogP contribution in [-0.4, -0.2) is 38.8 Å². The first-order valence-corrected chi connectivity index (χ1v) is 10.2. The summed E-state index contributed by atoms with van der Waals surface area (Å²) >= 11 is 0. The van der Waals surface area contributed by atoms with E-state index in [0.717, 1.165) is 11.1 Å². The van der Waals surface area contributed by atoms with Crippen molar-refractivity contribution in [1.82, 2.24) is 19.5 Å². The molecule has 0 radical (unpaired) electrons. The van der Waals surface area contributed by atoms with E-state index in [9.17, 15) is 4.79 Å².